The highest BCUT2D eigenvalue weighted by Crippen LogP contribution is 2.39. The van der Waals surface area contributed by atoms with Crippen molar-refractivity contribution in [2.45, 2.75) is 19.4 Å². The Kier molecular flexibility index (Phi) is 3.57. The van der Waals surface area contributed by atoms with Crippen molar-refractivity contribution >= 4 is 0 Å². The summed E-state index contributed by atoms with van der Waals surface area (Å²) in [4.78, 5) is 2.41. The molecule has 3 nitrogen and oxygen atoms in total. The zero-order valence-corrected chi connectivity index (χ0v) is 11.1. The maximum atomic E-state index is 5.36. The van der Waals surface area contributed by atoms with Crippen molar-refractivity contribution in [3.8, 4) is 11.5 Å². The van der Waals surface area contributed by atoms with Gasteiger partial charge in [-0.05, 0) is 43.6 Å². The predicted molar refractivity (Wildman–Crippen MR) is 68.7 cm³/mol. The molecule has 0 spiro atoms. The van der Waals surface area contributed by atoms with Crippen LogP contribution in [0.4, 0.5) is 0 Å². The van der Waals surface area contributed by atoms with Gasteiger partial charge in [0.1, 0.15) is 0 Å². The summed E-state index contributed by atoms with van der Waals surface area (Å²) in [6, 6.07) is 6.73. The van der Waals surface area contributed by atoms with Crippen molar-refractivity contribution in [2.24, 2.45) is 5.92 Å². The first-order chi connectivity index (χ1) is 8.17. The van der Waals surface area contributed by atoms with Crippen LogP contribution in [0.25, 0.3) is 0 Å². The molecule has 2 rings (SSSR count). The number of ether oxygens (including phenoxy) is 2. The largest absolute Gasteiger partial charge is 0.493 e. The van der Waals surface area contributed by atoms with Gasteiger partial charge in [-0.15, -0.1) is 0 Å². The third-order valence-electron chi connectivity index (χ3n) is 3.70. The first-order valence-electron chi connectivity index (χ1n) is 6.09. The van der Waals surface area contributed by atoms with Crippen LogP contribution < -0.4 is 9.47 Å². The van der Waals surface area contributed by atoms with E-state index in [0.29, 0.717) is 12.0 Å². The molecule has 1 aliphatic rings. The van der Waals surface area contributed by atoms with Gasteiger partial charge in [-0.25, -0.2) is 0 Å². The number of hydrogen-bond donors (Lipinski definition) is 0. The van der Waals surface area contributed by atoms with Crippen LogP contribution in [0, 0.1) is 5.92 Å². The summed E-state index contributed by atoms with van der Waals surface area (Å²) >= 11 is 0. The molecule has 17 heavy (non-hydrogen) atoms. The van der Waals surface area contributed by atoms with E-state index in [9.17, 15) is 0 Å². The summed E-state index contributed by atoms with van der Waals surface area (Å²) in [6.45, 7) is 3.48. The molecule has 2 atom stereocenters. The van der Waals surface area contributed by atoms with E-state index >= 15 is 0 Å². The number of likely N-dealkylation sites (tertiary alicyclic amines) is 1. The Morgan fingerprint density at radius 3 is 2.41 bits per heavy atom. The van der Waals surface area contributed by atoms with Crippen LogP contribution in [0.3, 0.4) is 0 Å². The third kappa shape index (κ3) is 2.25. The standard InChI is InChI=1S/C14H21NO2/c1-10-7-8-15(2)14(10)11-5-6-12(16-3)13(9-11)17-4/h5-6,9-10,14H,7-8H2,1-4H3. The highest BCUT2D eigenvalue weighted by molar-refractivity contribution is 5.44. The molecule has 0 aromatic heterocycles. The topological polar surface area (TPSA) is 21.7 Å². The van der Waals surface area contributed by atoms with Gasteiger partial charge in [0, 0.05) is 6.04 Å². The molecule has 94 valence electrons. The predicted octanol–water partition coefficient (Wildman–Crippen LogP) is 2.72. The van der Waals surface area contributed by atoms with Crippen LogP contribution in [0.15, 0.2) is 18.2 Å². The third-order valence-corrected chi connectivity index (χ3v) is 3.70. The van der Waals surface area contributed by atoms with Crippen molar-refractivity contribution in [1.29, 1.82) is 0 Å². The maximum Gasteiger partial charge on any atom is 0.161 e. The van der Waals surface area contributed by atoms with Crippen molar-refractivity contribution in [1.82, 2.24) is 4.90 Å². The molecule has 0 aliphatic carbocycles. The molecule has 1 heterocycles. The van der Waals surface area contributed by atoms with Crippen LogP contribution in [-0.4, -0.2) is 32.7 Å². The summed E-state index contributed by atoms with van der Waals surface area (Å²) in [5.74, 6) is 2.31. The normalized spacial score (nSPS) is 24.9. The van der Waals surface area contributed by atoms with E-state index in [1.807, 2.05) is 6.07 Å². The molecule has 0 amide bonds. The maximum absolute atomic E-state index is 5.36. The Hall–Kier alpha value is -1.22. The van der Waals surface area contributed by atoms with E-state index in [4.69, 9.17) is 9.47 Å². The number of hydrogen-bond acceptors (Lipinski definition) is 3. The molecule has 3 heteroatoms. The zero-order chi connectivity index (χ0) is 12.4. The average Bonchev–Trinajstić information content (AvgIpc) is 2.68. The van der Waals surface area contributed by atoms with E-state index in [1.54, 1.807) is 14.2 Å². The van der Waals surface area contributed by atoms with Gasteiger partial charge in [0.25, 0.3) is 0 Å². The molecule has 0 saturated carbocycles. The van der Waals surface area contributed by atoms with Gasteiger partial charge in [-0.2, -0.15) is 0 Å². The molecule has 1 aromatic carbocycles. The van der Waals surface area contributed by atoms with Crippen molar-refractivity contribution in [2.75, 3.05) is 27.8 Å². The highest BCUT2D eigenvalue weighted by Gasteiger charge is 2.30. The quantitative estimate of drug-likeness (QED) is 0.804. The number of rotatable bonds is 3. The lowest BCUT2D eigenvalue weighted by Crippen LogP contribution is -2.20. The zero-order valence-electron chi connectivity index (χ0n) is 11.1. The molecular weight excluding hydrogens is 214 g/mol. The van der Waals surface area contributed by atoms with Crippen LogP contribution in [0.5, 0.6) is 11.5 Å². The Bertz CT molecular complexity index is 382. The van der Waals surface area contributed by atoms with Crippen LogP contribution in [0.1, 0.15) is 24.9 Å². The van der Waals surface area contributed by atoms with Crippen molar-refractivity contribution in [3.05, 3.63) is 23.8 Å². The molecule has 0 radical (unpaired) electrons. The summed E-state index contributed by atoms with van der Waals surface area (Å²) in [5.41, 5.74) is 1.31. The van der Waals surface area contributed by atoms with Crippen LogP contribution >= 0.6 is 0 Å². The molecule has 1 fully saturated rings. The van der Waals surface area contributed by atoms with E-state index in [1.165, 1.54) is 18.5 Å². The van der Waals surface area contributed by atoms with E-state index in [0.717, 1.165) is 11.5 Å². The number of nitrogens with zero attached hydrogens (tertiary/aromatic N) is 1. The summed E-state index contributed by atoms with van der Waals surface area (Å²) in [7, 11) is 5.54. The van der Waals surface area contributed by atoms with Gasteiger partial charge < -0.3 is 9.47 Å². The summed E-state index contributed by atoms with van der Waals surface area (Å²) < 4.78 is 10.6. The monoisotopic (exact) mass is 235 g/mol. The fourth-order valence-electron chi connectivity index (χ4n) is 2.76. The average molecular weight is 235 g/mol. The molecular formula is C14H21NO2. The van der Waals surface area contributed by atoms with Crippen LogP contribution in [-0.2, 0) is 0 Å². The first kappa shape index (κ1) is 12.2. The molecule has 0 bridgehead atoms. The second-order valence-electron chi connectivity index (χ2n) is 4.81. The first-order valence-corrected chi connectivity index (χ1v) is 6.09. The van der Waals surface area contributed by atoms with Crippen LogP contribution in [0.2, 0.25) is 0 Å². The van der Waals surface area contributed by atoms with Crippen molar-refractivity contribution < 1.29 is 9.47 Å². The molecule has 0 N–H and O–H groups in total. The number of benzene rings is 1. The molecule has 2 unspecified atom stereocenters. The smallest absolute Gasteiger partial charge is 0.161 e. The lowest BCUT2D eigenvalue weighted by Gasteiger charge is -2.24. The van der Waals surface area contributed by atoms with Gasteiger partial charge in [0.15, 0.2) is 11.5 Å². The fourth-order valence-corrected chi connectivity index (χ4v) is 2.76. The minimum atomic E-state index is 0.495. The Morgan fingerprint density at radius 1 is 1.18 bits per heavy atom. The molecule has 1 aromatic rings. The highest BCUT2D eigenvalue weighted by atomic mass is 16.5. The van der Waals surface area contributed by atoms with Gasteiger partial charge in [-0.3, -0.25) is 4.90 Å². The second-order valence-corrected chi connectivity index (χ2v) is 4.81. The Morgan fingerprint density at radius 2 is 1.88 bits per heavy atom. The molecule has 1 aliphatic heterocycles. The molecule has 1 saturated heterocycles. The van der Waals surface area contributed by atoms with E-state index in [2.05, 4.69) is 31.0 Å². The summed E-state index contributed by atoms with van der Waals surface area (Å²) in [5, 5.41) is 0. The van der Waals surface area contributed by atoms with E-state index in [-0.39, 0.29) is 0 Å². The van der Waals surface area contributed by atoms with Crippen molar-refractivity contribution in [3.63, 3.8) is 0 Å². The SMILES string of the molecule is COc1ccc(C2C(C)CCN2C)cc1OC. The van der Waals surface area contributed by atoms with Gasteiger partial charge in [-0.1, -0.05) is 13.0 Å². The number of methoxy groups -OCH3 is 2. The minimum Gasteiger partial charge on any atom is -0.493 e. The fraction of sp³-hybridized carbons (Fsp3) is 0.571. The Labute approximate surface area is 103 Å². The van der Waals surface area contributed by atoms with Gasteiger partial charge in [0.05, 0.1) is 14.2 Å². The minimum absolute atomic E-state index is 0.495. The lowest BCUT2D eigenvalue weighted by atomic mass is 9.95. The second kappa shape index (κ2) is 4.96. The van der Waals surface area contributed by atoms with E-state index < -0.39 is 0 Å². The lowest BCUT2D eigenvalue weighted by molar-refractivity contribution is 0.283. The van der Waals surface area contributed by atoms with Gasteiger partial charge in [0.2, 0.25) is 0 Å². The Balaban J connectivity index is 2.32. The van der Waals surface area contributed by atoms with Gasteiger partial charge >= 0.3 is 0 Å². The summed E-state index contributed by atoms with van der Waals surface area (Å²) in [6.07, 6.45) is 1.26.